The number of carbonyl (C=O) groups is 4. The standard InChI is InChI=1S/C18H30O2.C17H28O3.C10H16O4/c1-5-17(3,4)16(19)20-18(6-2)14-8-12-7-13(10-14)11-15(18)9-12;1-4-15(3,5-2)14(18)20-17-9-12-6-13(10-17)8-16(19,7-12)11-17;1-4-10(2,3)9(12)14-7-5-6-13-8(7)11/h12-15H,5-11H2,1-4H3;12-13,19H,4-11H2,1-3H3;7H,4-6H2,1-3H3. The van der Waals surface area contributed by atoms with Crippen LogP contribution in [0.3, 0.4) is 0 Å². The van der Waals surface area contributed by atoms with Crippen molar-refractivity contribution in [2.75, 3.05) is 6.61 Å². The molecular weight excluding hydrogens is 684 g/mol. The second-order valence-electron chi connectivity index (χ2n) is 20.4. The maximum atomic E-state index is 12.6. The molecule has 9 fully saturated rings. The lowest BCUT2D eigenvalue weighted by Crippen LogP contribution is -2.61. The minimum absolute atomic E-state index is 0.0364. The first-order valence-corrected chi connectivity index (χ1v) is 21.8. The summed E-state index contributed by atoms with van der Waals surface area (Å²) < 4.78 is 22.1. The fraction of sp³-hybridized carbons (Fsp3) is 0.911. The van der Waals surface area contributed by atoms with Crippen LogP contribution in [0.1, 0.15) is 178 Å². The number of esters is 4. The molecule has 8 saturated carbocycles. The Kier molecular flexibility index (Phi) is 12.7. The van der Waals surface area contributed by atoms with E-state index in [4.69, 9.17) is 18.9 Å². The normalized spacial score (nSPS) is 37.4. The van der Waals surface area contributed by atoms with Crippen molar-refractivity contribution in [3.63, 3.8) is 0 Å². The van der Waals surface area contributed by atoms with Crippen LogP contribution >= 0.6 is 0 Å². The summed E-state index contributed by atoms with van der Waals surface area (Å²) in [4.78, 5) is 47.8. The van der Waals surface area contributed by atoms with Crippen LogP contribution in [0.4, 0.5) is 0 Å². The molecule has 0 radical (unpaired) electrons. The number of hydrogen-bond donors (Lipinski definition) is 1. The highest BCUT2D eigenvalue weighted by molar-refractivity contribution is 5.82. The molecule has 9 heteroatoms. The minimum Gasteiger partial charge on any atom is -0.463 e. The largest absolute Gasteiger partial charge is 0.463 e. The molecule has 9 rings (SSSR count). The first kappa shape index (κ1) is 43.0. The van der Waals surface area contributed by atoms with E-state index < -0.39 is 23.1 Å². The summed E-state index contributed by atoms with van der Waals surface area (Å²) in [6.45, 7) is 20.3. The SMILES string of the molecule is CCC(C)(C)C(=O)OC1(CC)C2CC3CC(C2)CC1C3.CCC(C)(C)C(=O)OC1CCOC1=O.CCC(C)(CC)C(=O)OC12CC3CC(CC(O)(C3)C1)C2. The van der Waals surface area contributed by atoms with Gasteiger partial charge in [0.1, 0.15) is 11.2 Å². The van der Waals surface area contributed by atoms with E-state index in [0.717, 1.165) is 63.2 Å². The Labute approximate surface area is 326 Å². The van der Waals surface area contributed by atoms with E-state index in [0.29, 0.717) is 49.5 Å². The Morgan fingerprint density at radius 3 is 1.61 bits per heavy atom. The van der Waals surface area contributed by atoms with Crippen molar-refractivity contribution in [1.82, 2.24) is 0 Å². The third kappa shape index (κ3) is 8.71. The zero-order valence-electron chi connectivity index (χ0n) is 35.5. The van der Waals surface area contributed by atoms with Crippen LogP contribution in [-0.2, 0) is 38.1 Å². The Morgan fingerprint density at radius 2 is 1.19 bits per heavy atom. The highest BCUT2D eigenvalue weighted by Gasteiger charge is 2.61. The van der Waals surface area contributed by atoms with Crippen molar-refractivity contribution in [2.45, 2.75) is 201 Å². The quantitative estimate of drug-likeness (QED) is 0.162. The van der Waals surface area contributed by atoms with Gasteiger partial charge in [-0.2, -0.15) is 0 Å². The summed E-state index contributed by atoms with van der Waals surface area (Å²) in [5.41, 5.74) is -2.27. The Hall–Kier alpha value is -2.16. The third-order valence-corrected chi connectivity index (χ3v) is 15.7. The van der Waals surface area contributed by atoms with E-state index in [-0.39, 0.29) is 39.9 Å². The van der Waals surface area contributed by atoms with E-state index in [1.165, 1.54) is 38.5 Å². The van der Waals surface area contributed by atoms with Gasteiger partial charge in [0.05, 0.1) is 28.5 Å². The molecule has 0 spiro atoms. The van der Waals surface area contributed by atoms with E-state index in [1.54, 1.807) is 13.8 Å². The van der Waals surface area contributed by atoms with Gasteiger partial charge in [-0.15, -0.1) is 0 Å². The van der Waals surface area contributed by atoms with Gasteiger partial charge >= 0.3 is 23.9 Å². The van der Waals surface area contributed by atoms with Gasteiger partial charge < -0.3 is 24.1 Å². The van der Waals surface area contributed by atoms with Gasteiger partial charge in [0.15, 0.2) is 0 Å². The number of rotatable bonds is 11. The van der Waals surface area contributed by atoms with Crippen LogP contribution in [0.25, 0.3) is 0 Å². The Bertz CT molecular complexity index is 1330. The van der Waals surface area contributed by atoms with Gasteiger partial charge in [-0.05, 0) is 166 Å². The lowest BCUT2D eigenvalue weighted by Gasteiger charge is -2.60. The number of ether oxygens (including phenoxy) is 4. The maximum Gasteiger partial charge on any atom is 0.347 e. The van der Waals surface area contributed by atoms with Gasteiger partial charge in [-0.1, -0.05) is 34.6 Å². The lowest BCUT2D eigenvalue weighted by atomic mass is 9.49. The van der Waals surface area contributed by atoms with Crippen LogP contribution in [0.15, 0.2) is 0 Å². The molecule has 3 unspecified atom stereocenters. The van der Waals surface area contributed by atoms with Crippen LogP contribution in [0.2, 0.25) is 0 Å². The molecule has 8 aliphatic carbocycles. The summed E-state index contributed by atoms with van der Waals surface area (Å²) in [6.07, 6.45) is 16.3. The van der Waals surface area contributed by atoms with Crippen LogP contribution in [0.5, 0.6) is 0 Å². The van der Waals surface area contributed by atoms with E-state index in [9.17, 15) is 24.3 Å². The molecular formula is C45H74O9. The molecule has 1 aliphatic heterocycles. The first-order chi connectivity index (χ1) is 25.2. The second kappa shape index (κ2) is 16.0. The van der Waals surface area contributed by atoms with Crippen molar-refractivity contribution in [2.24, 2.45) is 51.8 Å². The maximum absolute atomic E-state index is 12.6. The van der Waals surface area contributed by atoms with E-state index >= 15 is 0 Å². The van der Waals surface area contributed by atoms with Crippen LogP contribution < -0.4 is 0 Å². The second-order valence-corrected chi connectivity index (χ2v) is 20.4. The molecule has 3 atom stereocenters. The Balaban J connectivity index is 0.000000159. The first-order valence-electron chi connectivity index (χ1n) is 21.8. The molecule has 308 valence electrons. The number of hydrogen-bond acceptors (Lipinski definition) is 9. The smallest absolute Gasteiger partial charge is 0.347 e. The van der Waals surface area contributed by atoms with Crippen molar-refractivity contribution in [3.05, 3.63) is 0 Å². The monoisotopic (exact) mass is 759 g/mol. The Morgan fingerprint density at radius 1 is 0.685 bits per heavy atom. The van der Waals surface area contributed by atoms with Crippen molar-refractivity contribution in [3.8, 4) is 0 Å². The fourth-order valence-electron chi connectivity index (χ4n) is 11.4. The molecule has 9 aliphatic rings. The average Bonchev–Trinajstić information content (AvgIpc) is 3.51. The molecule has 0 aromatic heterocycles. The van der Waals surface area contributed by atoms with Gasteiger partial charge in [-0.25, -0.2) is 4.79 Å². The van der Waals surface area contributed by atoms with Crippen LogP contribution in [-0.4, -0.2) is 58.5 Å². The molecule has 9 nitrogen and oxygen atoms in total. The molecule has 0 aromatic rings. The molecule has 0 aromatic carbocycles. The fourth-order valence-corrected chi connectivity index (χ4v) is 11.4. The molecule has 0 amide bonds. The van der Waals surface area contributed by atoms with Crippen molar-refractivity contribution in [1.29, 1.82) is 0 Å². The lowest BCUT2D eigenvalue weighted by molar-refractivity contribution is -0.226. The number of aliphatic hydroxyl groups is 1. The predicted octanol–water partition coefficient (Wildman–Crippen LogP) is 9.29. The molecule has 1 heterocycles. The van der Waals surface area contributed by atoms with Gasteiger partial charge in [0.25, 0.3) is 0 Å². The van der Waals surface area contributed by atoms with Crippen LogP contribution in [0, 0.1) is 51.8 Å². The van der Waals surface area contributed by atoms with E-state index in [1.807, 2.05) is 27.7 Å². The highest BCUT2D eigenvalue weighted by Crippen LogP contribution is 2.61. The number of cyclic esters (lactones) is 1. The topological polar surface area (TPSA) is 125 Å². The van der Waals surface area contributed by atoms with Crippen molar-refractivity contribution >= 4 is 23.9 Å². The zero-order chi connectivity index (χ0) is 39.9. The third-order valence-electron chi connectivity index (χ3n) is 15.7. The summed E-state index contributed by atoms with van der Waals surface area (Å²) >= 11 is 0. The van der Waals surface area contributed by atoms with Crippen molar-refractivity contribution < 1.29 is 43.2 Å². The number of carbonyl (C=O) groups excluding carboxylic acids is 4. The summed E-state index contributed by atoms with van der Waals surface area (Å²) in [5, 5.41) is 10.7. The summed E-state index contributed by atoms with van der Waals surface area (Å²) in [6, 6.07) is 0. The molecule has 54 heavy (non-hydrogen) atoms. The summed E-state index contributed by atoms with van der Waals surface area (Å²) in [5.74, 6) is 3.48. The molecule has 8 bridgehead atoms. The van der Waals surface area contributed by atoms with Gasteiger partial charge in [-0.3, -0.25) is 14.4 Å². The van der Waals surface area contributed by atoms with E-state index in [2.05, 4.69) is 27.7 Å². The predicted molar refractivity (Wildman–Crippen MR) is 207 cm³/mol. The minimum atomic E-state index is -0.687. The summed E-state index contributed by atoms with van der Waals surface area (Å²) in [7, 11) is 0. The highest BCUT2D eigenvalue weighted by atomic mass is 16.6. The molecule has 1 saturated heterocycles. The van der Waals surface area contributed by atoms with Gasteiger partial charge in [0.2, 0.25) is 6.10 Å². The van der Waals surface area contributed by atoms with Gasteiger partial charge in [0, 0.05) is 12.8 Å². The average molecular weight is 759 g/mol. The zero-order valence-corrected chi connectivity index (χ0v) is 35.5. The molecule has 1 N–H and O–H groups in total.